The van der Waals surface area contributed by atoms with Crippen molar-refractivity contribution in [2.75, 3.05) is 0 Å². The molecule has 0 aliphatic heterocycles. The molecule has 3 rings (SSSR count). The Kier molecular flexibility index (Phi) is 3.20. The number of nitrogens with zero attached hydrogens (tertiary/aromatic N) is 1. The van der Waals surface area contributed by atoms with Crippen LogP contribution in [0.2, 0.25) is 0 Å². The number of para-hydroxylation sites is 1. The van der Waals surface area contributed by atoms with Crippen LogP contribution in [0, 0.1) is 12.7 Å². The minimum atomic E-state index is -0.374. The normalized spacial score (nSPS) is 12.6. The van der Waals surface area contributed by atoms with Gasteiger partial charge in [0.2, 0.25) is 0 Å². The molecule has 2 aromatic carbocycles. The van der Waals surface area contributed by atoms with Gasteiger partial charge < -0.3 is 5.73 Å². The lowest BCUT2D eigenvalue weighted by Crippen LogP contribution is -2.12. The molecule has 0 bridgehead atoms. The summed E-state index contributed by atoms with van der Waals surface area (Å²) in [6.07, 6.45) is 1.76. The number of rotatable bonds is 2. The molecular formula is C17H15FN2. The van der Waals surface area contributed by atoms with Crippen LogP contribution in [0.15, 0.2) is 54.7 Å². The molecule has 0 saturated carbocycles. The van der Waals surface area contributed by atoms with E-state index in [0.717, 1.165) is 27.6 Å². The van der Waals surface area contributed by atoms with Crippen molar-refractivity contribution in [3.05, 3.63) is 77.2 Å². The molecule has 1 unspecified atom stereocenters. The number of fused-ring (bicyclic) bond motifs is 1. The number of aryl methyl sites for hydroxylation is 1. The van der Waals surface area contributed by atoms with Gasteiger partial charge in [0.25, 0.3) is 0 Å². The summed E-state index contributed by atoms with van der Waals surface area (Å²) < 4.78 is 13.5. The Bertz CT molecular complexity index is 748. The maximum Gasteiger partial charge on any atom is 0.123 e. The zero-order valence-electron chi connectivity index (χ0n) is 11.2. The van der Waals surface area contributed by atoms with Crippen molar-refractivity contribution < 1.29 is 4.39 Å². The summed E-state index contributed by atoms with van der Waals surface area (Å²) >= 11 is 0. The first kappa shape index (κ1) is 12.8. The smallest absolute Gasteiger partial charge is 0.123 e. The van der Waals surface area contributed by atoms with Crippen LogP contribution in [0.3, 0.4) is 0 Å². The Balaban J connectivity index is 2.05. The monoisotopic (exact) mass is 266 g/mol. The molecule has 0 saturated heterocycles. The largest absolute Gasteiger partial charge is 0.320 e. The zero-order valence-corrected chi connectivity index (χ0v) is 11.2. The molecule has 1 atom stereocenters. The first-order valence-electron chi connectivity index (χ1n) is 6.51. The molecule has 3 heteroatoms. The van der Waals surface area contributed by atoms with Crippen molar-refractivity contribution in [3.63, 3.8) is 0 Å². The molecule has 20 heavy (non-hydrogen) atoms. The summed E-state index contributed by atoms with van der Waals surface area (Å²) in [7, 11) is 0. The molecule has 1 aromatic heterocycles. The van der Waals surface area contributed by atoms with Crippen LogP contribution < -0.4 is 5.73 Å². The van der Waals surface area contributed by atoms with Gasteiger partial charge in [0.15, 0.2) is 0 Å². The Morgan fingerprint density at radius 3 is 2.65 bits per heavy atom. The van der Waals surface area contributed by atoms with Gasteiger partial charge >= 0.3 is 0 Å². The average molecular weight is 266 g/mol. The highest BCUT2D eigenvalue weighted by atomic mass is 19.1. The van der Waals surface area contributed by atoms with Gasteiger partial charge in [-0.2, -0.15) is 0 Å². The van der Waals surface area contributed by atoms with Crippen molar-refractivity contribution in [3.8, 4) is 0 Å². The molecule has 3 aromatic rings. The van der Waals surface area contributed by atoms with Crippen molar-refractivity contribution in [2.45, 2.75) is 13.0 Å². The highest BCUT2D eigenvalue weighted by Crippen LogP contribution is 2.23. The third-order valence-corrected chi connectivity index (χ3v) is 3.39. The summed E-state index contributed by atoms with van der Waals surface area (Å²) in [5.74, 6) is -0.260. The number of benzene rings is 2. The van der Waals surface area contributed by atoms with E-state index in [0.29, 0.717) is 0 Å². The SMILES string of the molecule is Cc1cc(F)cc(C(N)c2cnc3ccccc3c2)c1. The summed E-state index contributed by atoms with van der Waals surface area (Å²) in [6.45, 7) is 1.86. The molecule has 2 nitrogen and oxygen atoms in total. The highest BCUT2D eigenvalue weighted by Gasteiger charge is 2.11. The second-order valence-electron chi connectivity index (χ2n) is 5.00. The van der Waals surface area contributed by atoms with E-state index in [9.17, 15) is 4.39 Å². The first-order chi connectivity index (χ1) is 9.63. The van der Waals surface area contributed by atoms with Crippen LogP contribution in [-0.2, 0) is 0 Å². The lowest BCUT2D eigenvalue weighted by molar-refractivity contribution is 0.622. The number of nitrogens with two attached hydrogens (primary N) is 1. The Hall–Kier alpha value is -2.26. The van der Waals surface area contributed by atoms with E-state index in [4.69, 9.17) is 5.73 Å². The van der Waals surface area contributed by atoms with E-state index in [1.807, 2.05) is 43.3 Å². The van der Waals surface area contributed by atoms with Crippen LogP contribution in [0.5, 0.6) is 0 Å². The van der Waals surface area contributed by atoms with E-state index in [1.54, 1.807) is 6.20 Å². The second-order valence-corrected chi connectivity index (χ2v) is 5.00. The predicted octanol–water partition coefficient (Wildman–Crippen LogP) is 3.73. The maximum atomic E-state index is 13.5. The van der Waals surface area contributed by atoms with E-state index in [1.165, 1.54) is 12.1 Å². The predicted molar refractivity (Wildman–Crippen MR) is 78.9 cm³/mol. The number of pyridine rings is 1. The van der Waals surface area contributed by atoms with E-state index in [-0.39, 0.29) is 11.9 Å². The Morgan fingerprint density at radius 2 is 1.85 bits per heavy atom. The minimum absolute atomic E-state index is 0.260. The quantitative estimate of drug-likeness (QED) is 0.767. The van der Waals surface area contributed by atoms with Crippen LogP contribution >= 0.6 is 0 Å². The lowest BCUT2D eigenvalue weighted by Gasteiger charge is -2.14. The van der Waals surface area contributed by atoms with Gasteiger partial charge in [-0.05, 0) is 47.9 Å². The van der Waals surface area contributed by atoms with Gasteiger partial charge in [-0.1, -0.05) is 24.3 Å². The highest BCUT2D eigenvalue weighted by molar-refractivity contribution is 5.78. The van der Waals surface area contributed by atoms with E-state index in [2.05, 4.69) is 4.98 Å². The fourth-order valence-electron chi connectivity index (χ4n) is 2.39. The third-order valence-electron chi connectivity index (χ3n) is 3.39. The van der Waals surface area contributed by atoms with Crippen molar-refractivity contribution in [1.82, 2.24) is 4.98 Å². The molecule has 0 amide bonds. The topological polar surface area (TPSA) is 38.9 Å². The number of hydrogen-bond donors (Lipinski definition) is 1. The van der Waals surface area contributed by atoms with E-state index >= 15 is 0 Å². The fraction of sp³-hybridized carbons (Fsp3) is 0.118. The van der Waals surface area contributed by atoms with Gasteiger partial charge in [-0.15, -0.1) is 0 Å². The average Bonchev–Trinajstić information content (AvgIpc) is 2.45. The maximum absolute atomic E-state index is 13.5. The molecular weight excluding hydrogens is 251 g/mol. The summed E-state index contributed by atoms with van der Waals surface area (Å²) in [4.78, 5) is 4.40. The van der Waals surface area contributed by atoms with Gasteiger partial charge in [0.05, 0.1) is 11.6 Å². The summed E-state index contributed by atoms with van der Waals surface area (Å²) in [6, 6.07) is 14.4. The van der Waals surface area contributed by atoms with Gasteiger partial charge in [-0.3, -0.25) is 4.98 Å². The molecule has 1 heterocycles. The van der Waals surface area contributed by atoms with Gasteiger partial charge in [0, 0.05) is 11.6 Å². The number of aromatic nitrogens is 1. The van der Waals surface area contributed by atoms with Crippen molar-refractivity contribution in [2.24, 2.45) is 5.73 Å². The molecule has 0 fully saturated rings. The first-order valence-corrected chi connectivity index (χ1v) is 6.51. The number of halogens is 1. The molecule has 0 radical (unpaired) electrons. The van der Waals surface area contributed by atoms with Crippen LogP contribution in [0.4, 0.5) is 4.39 Å². The van der Waals surface area contributed by atoms with Crippen LogP contribution in [0.1, 0.15) is 22.7 Å². The van der Waals surface area contributed by atoms with Gasteiger partial charge in [0.1, 0.15) is 5.82 Å². The van der Waals surface area contributed by atoms with Crippen molar-refractivity contribution >= 4 is 10.9 Å². The minimum Gasteiger partial charge on any atom is -0.320 e. The molecule has 0 spiro atoms. The van der Waals surface area contributed by atoms with E-state index < -0.39 is 0 Å². The Labute approximate surface area is 117 Å². The summed E-state index contributed by atoms with van der Waals surface area (Å²) in [5, 5.41) is 1.04. The molecule has 0 aliphatic carbocycles. The molecule has 2 N–H and O–H groups in total. The Morgan fingerprint density at radius 1 is 1.05 bits per heavy atom. The molecule has 0 aliphatic rings. The van der Waals surface area contributed by atoms with Crippen LogP contribution in [0.25, 0.3) is 10.9 Å². The van der Waals surface area contributed by atoms with Crippen LogP contribution in [-0.4, -0.2) is 4.98 Å². The standard InChI is InChI=1S/C17H15FN2/c1-11-6-13(9-15(18)7-11)17(19)14-8-12-4-2-3-5-16(12)20-10-14/h2-10,17H,19H2,1H3. The number of hydrogen-bond acceptors (Lipinski definition) is 2. The van der Waals surface area contributed by atoms with Gasteiger partial charge in [-0.25, -0.2) is 4.39 Å². The summed E-state index contributed by atoms with van der Waals surface area (Å²) in [5.41, 5.74) is 9.68. The van der Waals surface area contributed by atoms with Crippen molar-refractivity contribution in [1.29, 1.82) is 0 Å². The zero-order chi connectivity index (χ0) is 14.1. The lowest BCUT2D eigenvalue weighted by atomic mass is 9.98. The third kappa shape index (κ3) is 2.40. The fourth-order valence-corrected chi connectivity index (χ4v) is 2.39. The second kappa shape index (κ2) is 5.02. The molecule has 100 valence electrons.